The van der Waals surface area contributed by atoms with Crippen LogP contribution >= 0.6 is 11.3 Å². The maximum Gasteiger partial charge on any atom is 0.349 e. The van der Waals surface area contributed by atoms with Crippen molar-refractivity contribution in [2.45, 2.75) is 26.7 Å². The van der Waals surface area contributed by atoms with Crippen molar-refractivity contribution in [3.05, 3.63) is 15.8 Å². The highest BCUT2D eigenvalue weighted by Gasteiger charge is 2.17. The molecule has 1 aromatic rings. The smallest absolute Gasteiger partial charge is 0.349 e. The van der Waals surface area contributed by atoms with Crippen LogP contribution in [0.3, 0.4) is 0 Å². The van der Waals surface area contributed by atoms with E-state index in [9.17, 15) is 4.79 Å². The van der Waals surface area contributed by atoms with Gasteiger partial charge in [0.2, 0.25) is 0 Å². The molecule has 0 unspecified atom stereocenters. The number of aromatic carboxylic acids is 1. The van der Waals surface area contributed by atoms with Crippen LogP contribution in [0.25, 0.3) is 0 Å². The molecule has 3 nitrogen and oxygen atoms in total. The van der Waals surface area contributed by atoms with E-state index in [0.29, 0.717) is 23.2 Å². The molecule has 14 heavy (non-hydrogen) atoms. The summed E-state index contributed by atoms with van der Waals surface area (Å²) < 4.78 is 5.26. The van der Waals surface area contributed by atoms with E-state index < -0.39 is 5.97 Å². The molecular weight excluding hydrogens is 200 g/mol. The first-order valence-corrected chi connectivity index (χ1v) is 5.37. The Bertz CT molecular complexity index is 328. The van der Waals surface area contributed by atoms with Crippen molar-refractivity contribution in [1.29, 1.82) is 0 Å². The van der Waals surface area contributed by atoms with Gasteiger partial charge < -0.3 is 9.84 Å². The number of carboxylic acid groups (broad SMARTS) is 1. The second-order valence-corrected chi connectivity index (χ2v) is 4.32. The summed E-state index contributed by atoms with van der Waals surface area (Å²) in [6.07, 6.45) is 0. The van der Waals surface area contributed by atoms with Crippen LogP contribution in [0.15, 0.2) is 6.07 Å². The van der Waals surface area contributed by atoms with Gasteiger partial charge in [0.1, 0.15) is 5.75 Å². The Balaban J connectivity index is 3.05. The highest BCUT2D eigenvalue weighted by Crippen LogP contribution is 2.33. The van der Waals surface area contributed by atoms with Gasteiger partial charge in [-0.25, -0.2) is 4.79 Å². The minimum atomic E-state index is -0.912. The highest BCUT2D eigenvalue weighted by molar-refractivity contribution is 7.14. The molecule has 0 saturated heterocycles. The average Bonchev–Trinajstić information content (AvgIpc) is 2.49. The zero-order valence-electron chi connectivity index (χ0n) is 8.53. The Kier molecular flexibility index (Phi) is 3.52. The van der Waals surface area contributed by atoms with Crippen molar-refractivity contribution < 1.29 is 14.6 Å². The number of carboxylic acids is 1. The number of carbonyl (C=O) groups is 1. The minimum Gasteiger partial charge on any atom is -0.492 e. The molecule has 0 bridgehead atoms. The summed E-state index contributed by atoms with van der Waals surface area (Å²) in [5.41, 5.74) is 0. The van der Waals surface area contributed by atoms with Crippen molar-refractivity contribution in [2.75, 3.05) is 6.61 Å². The standard InChI is InChI=1S/C10H14O3S/c1-4-13-7-5-8(6(2)3)14-9(7)10(11)12/h5-6H,4H2,1-3H3,(H,11,12). The maximum atomic E-state index is 10.9. The zero-order valence-corrected chi connectivity index (χ0v) is 9.35. The largest absolute Gasteiger partial charge is 0.492 e. The van der Waals surface area contributed by atoms with E-state index in [2.05, 4.69) is 0 Å². The fraction of sp³-hybridized carbons (Fsp3) is 0.500. The molecule has 0 aliphatic heterocycles. The molecule has 0 radical (unpaired) electrons. The van der Waals surface area contributed by atoms with Gasteiger partial charge in [-0.05, 0) is 18.9 Å². The summed E-state index contributed by atoms with van der Waals surface area (Å²) in [5.74, 6) is -0.0774. The molecule has 1 rings (SSSR count). The van der Waals surface area contributed by atoms with Crippen molar-refractivity contribution in [3.8, 4) is 5.75 Å². The summed E-state index contributed by atoms with van der Waals surface area (Å²) in [7, 11) is 0. The van der Waals surface area contributed by atoms with Gasteiger partial charge in [-0.1, -0.05) is 13.8 Å². The fourth-order valence-corrected chi connectivity index (χ4v) is 2.03. The van der Waals surface area contributed by atoms with Crippen LogP contribution in [0, 0.1) is 0 Å². The molecule has 0 aromatic carbocycles. The molecule has 4 heteroatoms. The summed E-state index contributed by atoms with van der Waals surface area (Å²) in [4.78, 5) is 12.2. The van der Waals surface area contributed by atoms with Crippen LogP contribution in [-0.4, -0.2) is 17.7 Å². The van der Waals surface area contributed by atoms with E-state index in [4.69, 9.17) is 9.84 Å². The van der Waals surface area contributed by atoms with Gasteiger partial charge >= 0.3 is 5.97 Å². The molecule has 0 fully saturated rings. The monoisotopic (exact) mass is 214 g/mol. The summed E-state index contributed by atoms with van der Waals surface area (Å²) in [6, 6.07) is 1.82. The van der Waals surface area contributed by atoms with Crippen LogP contribution in [0.4, 0.5) is 0 Å². The molecule has 0 aliphatic rings. The zero-order chi connectivity index (χ0) is 10.7. The van der Waals surface area contributed by atoms with Gasteiger partial charge in [-0.15, -0.1) is 11.3 Å². The first kappa shape index (κ1) is 11.0. The molecule has 0 saturated carbocycles. The van der Waals surface area contributed by atoms with Crippen LogP contribution in [-0.2, 0) is 0 Å². The third kappa shape index (κ3) is 2.26. The molecule has 0 spiro atoms. The van der Waals surface area contributed by atoms with E-state index in [1.54, 1.807) is 0 Å². The van der Waals surface area contributed by atoms with E-state index in [-0.39, 0.29) is 0 Å². The van der Waals surface area contributed by atoms with Crippen molar-refractivity contribution in [3.63, 3.8) is 0 Å². The molecule has 1 heterocycles. The third-order valence-electron chi connectivity index (χ3n) is 1.78. The number of rotatable bonds is 4. The minimum absolute atomic E-state index is 0.301. The van der Waals surface area contributed by atoms with E-state index in [0.717, 1.165) is 4.88 Å². The Morgan fingerprint density at radius 2 is 2.29 bits per heavy atom. The number of ether oxygens (including phenoxy) is 1. The van der Waals surface area contributed by atoms with Crippen LogP contribution in [0.1, 0.15) is 41.2 Å². The Morgan fingerprint density at radius 3 is 2.71 bits per heavy atom. The lowest BCUT2D eigenvalue weighted by Crippen LogP contribution is -1.98. The summed E-state index contributed by atoms with van der Waals surface area (Å²) in [6.45, 7) is 6.41. The molecule has 0 amide bonds. The molecule has 1 N–H and O–H groups in total. The van der Waals surface area contributed by atoms with Gasteiger partial charge in [-0.3, -0.25) is 0 Å². The summed E-state index contributed by atoms with van der Waals surface area (Å²) >= 11 is 1.29. The second kappa shape index (κ2) is 4.46. The normalized spacial score (nSPS) is 10.6. The lowest BCUT2D eigenvalue weighted by atomic mass is 10.2. The van der Waals surface area contributed by atoms with Gasteiger partial charge in [0, 0.05) is 4.88 Å². The van der Waals surface area contributed by atoms with Crippen molar-refractivity contribution >= 4 is 17.3 Å². The SMILES string of the molecule is CCOc1cc(C(C)C)sc1C(=O)O. The van der Waals surface area contributed by atoms with Crippen LogP contribution < -0.4 is 4.74 Å². The fourth-order valence-electron chi connectivity index (χ4n) is 1.09. The summed E-state index contributed by atoms with van der Waals surface area (Å²) in [5, 5.41) is 8.92. The van der Waals surface area contributed by atoms with Crippen molar-refractivity contribution in [2.24, 2.45) is 0 Å². The number of hydrogen-bond acceptors (Lipinski definition) is 3. The second-order valence-electron chi connectivity index (χ2n) is 3.24. The molecular formula is C10H14O3S. The highest BCUT2D eigenvalue weighted by atomic mass is 32.1. The van der Waals surface area contributed by atoms with Crippen LogP contribution in [0.2, 0.25) is 0 Å². The first-order chi connectivity index (χ1) is 6.56. The predicted molar refractivity (Wildman–Crippen MR) is 56.5 cm³/mol. The van der Waals surface area contributed by atoms with Gasteiger partial charge in [0.25, 0.3) is 0 Å². The quantitative estimate of drug-likeness (QED) is 0.838. The topological polar surface area (TPSA) is 46.5 Å². The van der Waals surface area contributed by atoms with Gasteiger partial charge in [-0.2, -0.15) is 0 Å². The lowest BCUT2D eigenvalue weighted by Gasteiger charge is -1.99. The first-order valence-electron chi connectivity index (χ1n) is 4.56. The number of hydrogen-bond donors (Lipinski definition) is 1. The van der Waals surface area contributed by atoms with Gasteiger partial charge in [0.15, 0.2) is 4.88 Å². The Morgan fingerprint density at radius 1 is 1.64 bits per heavy atom. The van der Waals surface area contributed by atoms with Crippen LogP contribution in [0.5, 0.6) is 5.75 Å². The Hall–Kier alpha value is -1.03. The van der Waals surface area contributed by atoms with E-state index >= 15 is 0 Å². The molecule has 1 aromatic heterocycles. The lowest BCUT2D eigenvalue weighted by molar-refractivity contribution is 0.0698. The van der Waals surface area contributed by atoms with E-state index in [1.807, 2.05) is 26.8 Å². The number of thiophene rings is 1. The Labute approximate surface area is 87.3 Å². The van der Waals surface area contributed by atoms with E-state index in [1.165, 1.54) is 11.3 Å². The molecule has 78 valence electrons. The molecule has 0 atom stereocenters. The average molecular weight is 214 g/mol. The predicted octanol–water partition coefficient (Wildman–Crippen LogP) is 2.97. The maximum absolute atomic E-state index is 10.9. The third-order valence-corrected chi connectivity index (χ3v) is 3.19. The van der Waals surface area contributed by atoms with Gasteiger partial charge in [0.05, 0.1) is 6.61 Å². The molecule has 0 aliphatic carbocycles. The van der Waals surface area contributed by atoms with Crippen molar-refractivity contribution in [1.82, 2.24) is 0 Å².